The highest BCUT2D eigenvalue weighted by Gasteiger charge is 1.94. The Morgan fingerprint density at radius 2 is 1.19 bits per heavy atom. The third kappa shape index (κ3) is 8.50. The van der Waals surface area contributed by atoms with Crippen LogP contribution in [0.15, 0.2) is 24.3 Å². The average Bonchev–Trinajstić information content (AvgIpc) is 2.31. The predicted molar refractivity (Wildman–Crippen MR) is 59.1 cm³/mol. The molecule has 6 N–H and O–H groups in total. The minimum Gasteiger partial charge on any atom is -0.326 e. The molecule has 0 unspecified atom stereocenters. The molecule has 0 atom stereocenters. The zero-order valence-electron chi connectivity index (χ0n) is 8.69. The smallest absolute Gasteiger partial charge is 0.231 e. The van der Waals surface area contributed by atoms with Gasteiger partial charge in [-0.1, -0.05) is 24.3 Å². The van der Waals surface area contributed by atoms with Gasteiger partial charge in [0.15, 0.2) is 0 Å². The maximum absolute atomic E-state index is 8.35. The van der Waals surface area contributed by atoms with Crippen molar-refractivity contribution >= 4 is 12.2 Å². The first-order chi connectivity index (χ1) is 7.71. The van der Waals surface area contributed by atoms with E-state index in [4.69, 9.17) is 31.9 Å². The third-order valence-corrected chi connectivity index (χ3v) is 1.56. The first kappa shape index (κ1) is 16.3. The van der Waals surface area contributed by atoms with Gasteiger partial charge in [0.25, 0.3) is 0 Å². The summed E-state index contributed by atoms with van der Waals surface area (Å²) < 4.78 is 0. The summed E-state index contributed by atoms with van der Waals surface area (Å²) in [5, 5.41) is 10.8. The summed E-state index contributed by atoms with van der Waals surface area (Å²) in [6, 6.07) is 7.95. The van der Waals surface area contributed by atoms with Gasteiger partial charge in [-0.2, -0.15) is 0 Å². The van der Waals surface area contributed by atoms with Crippen molar-refractivity contribution in [3.63, 3.8) is 0 Å². The highest BCUT2D eigenvalue weighted by Crippen LogP contribution is 2.05. The minimum absolute atomic E-state index is 0.577. The van der Waals surface area contributed by atoms with Crippen LogP contribution < -0.4 is 11.5 Å². The second kappa shape index (κ2) is 12.9. The molecule has 0 bridgehead atoms. The Hall–Kier alpha value is -2.10. The number of hydrogen-bond acceptors (Lipinski definition) is 6. The lowest BCUT2D eigenvalue weighted by Gasteiger charge is -2.02. The molecule has 0 amide bonds. The molecule has 1 aromatic carbocycles. The van der Waals surface area contributed by atoms with E-state index in [9.17, 15) is 0 Å². The third-order valence-electron chi connectivity index (χ3n) is 1.56. The molecule has 6 heteroatoms. The Labute approximate surface area is 93.3 Å². The van der Waals surface area contributed by atoms with E-state index in [1.165, 1.54) is 0 Å². The van der Waals surface area contributed by atoms with Gasteiger partial charge in [0.1, 0.15) is 0 Å². The first-order valence-corrected chi connectivity index (χ1v) is 4.26. The fraction of sp³-hybridized carbons (Fsp3) is 0.200. The van der Waals surface area contributed by atoms with Crippen molar-refractivity contribution in [2.24, 2.45) is 11.5 Å². The fourth-order valence-corrected chi connectivity index (χ4v) is 0.956. The van der Waals surface area contributed by atoms with E-state index >= 15 is 0 Å². The molecular weight excluding hydrogens is 208 g/mol. The molecule has 0 aromatic heterocycles. The Morgan fingerprint density at radius 1 is 0.938 bits per heavy atom. The monoisotopic (exact) mass is 222 g/mol. The van der Waals surface area contributed by atoms with Crippen LogP contribution in [0.4, 0.5) is 0 Å². The van der Waals surface area contributed by atoms with Gasteiger partial charge in [-0.3, -0.25) is 0 Å². The summed E-state index contributed by atoms with van der Waals surface area (Å²) in [6.07, 6.45) is 1.50. The number of isocyanates is 2. The van der Waals surface area contributed by atoms with Crippen LogP contribution in [0.3, 0.4) is 0 Å². The molecule has 0 fully saturated rings. The van der Waals surface area contributed by atoms with Crippen LogP contribution in [0.25, 0.3) is 0 Å². The van der Waals surface area contributed by atoms with Crippen LogP contribution in [0.5, 0.6) is 0 Å². The summed E-state index contributed by atoms with van der Waals surface area (Å²) in [4.78, 5) is 16.7. The van der Waals surface area contributed by atoms with Crippen molar-refractivity contribution in [1.82, 2.24) is 0 Å². The SMILES string of the molecule is N=C=O.N=C=O.NCc1ccccc1CN. The summed E-state index contributed by atoms with van der Waals surface area (Å²) in [5.41, 5.74) is 13.2. The van der Waals surface area contributed by atoms with E-state index in [0.29, 0.717) is 13.1 Å². The van der Waals surface area contributed by atoms with Crippen molar-refractivity contribution in [2.75, 3.05) is 0 Å². The zero-order chi connectivity index (χ0) is 12.8. The van der Waals surface area contributed by atoms with Gasteiger partial charge < -0.3 is 11.5 Å². The van der Waals surface area contributed by atoms with Crippen molar-refractivity contribution in [1.29, 1.82) is 10.8 Å². The lowest BCUT2D eigenvalue weighted by atomic mass is 10.1. The topological polar surface area (TPSA) is 134 Å². The van der Waals surface area contributed by atoms with Crippen molar-refractivity contribution in [3.8, 4) is 0 Å². The number of hydrogen-bond donors (Lipinski definition) is 4. The van der Waals surface area contributed by atoms with Gasteiger partial charge in [0.2, 0.25) is 12.2 Å². The van der Waals surface area contributed by atoms with Crippen LogP contribution in [0, 0.1) is 10.8 Å². The van der Waals surface area contributed by atoms with Crippen LogP contribution >= 0.6 is 0 Å². The zero-order valence-corrected chi connectivity index (χ0v) is 8.69. The van der Waals surface area contributed by atoms with Crippen LogP contribution in [-0.2, 0) is 22.7 Å². The molecule has 0 saturated heterocycles. The lowest BCUT2D eigenvalue weighted by Crippen LogP contribution is -2.05. The van der Waals surface area contributed by atoms with E-state index in [-0.39, 0.29) is 0 Å². The van der Waals surface area contributed by atoms with Gasteiger partial charge in [0.05, 0.1) is 0 Å². The minimum atomic E-state index is 0.577. The molecule has 0 saturated carbocycles. The fourth-order valence-electron chi connectivity index (χ4n) is 0.956. The van der Waals surface area contributed by atoms with Crippen molar-refractivity contribution in [3.05, 3.63) is 35.4 Å². The Kier molecular flexibility index (Phi) is 13.2. The molecule has 0 aliphatic carbocycles. The molecule has 6 nitrogen and oxygen atoms in total. The van der Waals surface area contributed by atoms with E-state index in [0.717, 1.165) is 23.3 Å². The Morgan fingerprint density at radius 3 is 1.38 bits per heavy atom. The molecule has 16 heavy (non-hydrogen) atoms. The molecular formula is C10H14N4O2. The van der Waals surface area contributed by atoms with Gasteiger partial charge in [-0.15, -0.1) is 0 Å². The molecule has 0 aliphatic heterocycles. The second-order valence-corrected chi connectivity index (χ2v) is 2.38. The van der Waals surface area contributed by atoms with Gasteiger partial charge in [-0.25, -0.2) is 20.4 Å². The van der Waals surface area contributed by atoms with Gasteiger partial charge in [-0.05, 0) is 11.1 Å². The highest BCUT2D eigenvalue weighted by atomic mass is 16.1. The van der Waals surface area contributed by atoms with Crippen LogP contribution in [-0.4, -0.2) is 12.2 Å². The number of benzene rings is 1. The molecule has 1 aromatic rings. The maximum atomic E-state index is 8.35. The number of nitrogens with two attached hydrogens (primary N) is 2. The van der Waals surface area contributed by atoms with E-state index < -0.39 is 0 Å². The number of nitrogens with one attached hydrogen (secondary N) is 2. The number of rotatable bonds is 2. The molecule has 0 spiro atoms. The summed E-state index contributed by atoms with van der Waals surface area (Å²) in [7, 11) is 0. The Balaban J connectivity index is 0. The quantitative estimate of drug-likeness (QED) is 0.425. The second-order valence-electron chi connectivity index (χ2n) is 2.38. The van der Waals surface area contributed by atoms with Crippen molar-refractivity contribution < 1.29 is 9.59 Å². The largest absolute Gasteiger partial charge is 0.326 e. The maximum Gasteiger partial charge on any atom is 0.231 e. The molecule has 86 valence electrons. The predicted octanol–water partition coefficient (Wildman–Crippen LogP) is 0.406. The average molecular weight is 222 g/mol. The summed E-state index contributed by atoms with van der Waals surface area (Å²) >= 11 is 0. The highest BCUT2D eigenvalue weighted by molar-refractivity contribution is 5.26. The first-order valence-electron chi connectivity index (χ1n) is 4.26. The standard InChI is InChI=1S/C8H12N2.2CHNO/c9-5-7-3-1-2-4-8(7)6-10;2*2-1-3/h1-4H,5-6,9-10H2;2*2H. The van der Waals surface area contributed by atoms with Gasteiger partial charge >= 0.3 is 0 Å². The van der Waals surface area contributed by atoms with Crippen LogP contribution in [0.2, 0.25) is 0 Å². The molecule has 1 rings (SSSR count). The normalized spacial score (nSPS) is 7.12. The van der Waals surface area contributed by atoms with Gasteiger partial charge in [0, 0.05) is 13.1 Å². The Bertz CT molecular complexity index is 319. The van der Waals surface area contributed by atoms with E-state index in [1.54, 1.807) is 0 Å². The summed E-state index contributed by atoms with van der Waals surface area (Å²) in [5.74, 6) is 0. The van der Waals surface area contributed by atoms with Crippen molar-refractivity contribution in [2.45, 2.75) is 13.1 Å². The summed E-state index contributed by atoms with van der Waals surface area (Å²) in [6.45, 7) is 1.15. The number of carbonyl (C=O) groups excluding carboxylic acids is 2. The van der Waals surface area contributed by atoms with E-state index in [2.05, 4.69) is 0 Å². The molecule has 0 radical (unpaired) electrons. The lowest BCUT2D eigenvalue weighted by molar-refractivity contribution is 0.562. The molecule has 0 heterocycles. The van der Waals surface area contributed by atoms with Crippen LogP contribution in [0.1, 0.15) is 11.1 Å². The molecule has 0 aliphatic rings. The van der Waals surface area contributed by atoms with E-state index in [1.807, 2.05) is 24.3 Å².